The fraction of sp³-hybridized carbons (Fsp3) is 0.278. The molecule has 0 spiro atoms. The van der Waals surface area contributed by atoms with Crippen LogP contribution in [-0.2, 0) is 4.79 Å². The second-order valence-electron chi connectivity index (χ2n) is 5.59. The maximum atomic E-state index is 13.8. The van der Waals surface area contributed by atoms with Crippen LogP contribution in [0.25, 0.3) is 0 Å². The van der Waals surface area contributed by atoms with E-state index < -0.39 is 29.6 Å². The number of hydrogen-bond donors (Lipinski definition) is 2. The van der Waals surface area contributed by atoms with Crippen molar-refractivity contribution in [2.24, 2.45) is 11.7 Å². The van der Waals surface area contributed by atoms with E-state index in [2.05, 4.69) is 5.32 Å². The molecule has 0 aliphatic heterocycles. The molecule has 2 aromatic carbocycles. The van der Waals surface area contributed by atoms with Crippen molar-refractivity contribution in [1.82, 2.24) is 5.32 Å². The zero-order chi connectivity index (χ0) is 17.0. The number of benzene rings is 2. The average Bonchev–Trinajstić information content (AvgIpc) is 2.54. The van der Waals surface area contributed by atoms with Crippen LogP contribution in [0.15, 0.2) is 48.5 Å². The highest BCUT2D eigenvalue weighted by molar-refractivity contribution is 5.79. The molecular formula is C18H20F2N2O. The summed E-state index contributed by atoms with van der Waals surface area (Å²) >= 11 is 0. The Morgan fingerprint density at radius 2 is 1.57 bits per heavy atom. The molecule has 2 rings (SSSR count). The molecule has 0 saturated carbocycles. The lowest BCUT2D eigenvalue weighted by Crippen LogP contribution is -2.37. The summed E-state index contributed by atoms with van der Waals surface area (Å²) in [6.07, 6.45) is 0. The van der Waals surface area contributed by atoms with Gasteiger partial charge in [-0.15, -0.1) is 0 Å². The Hall–Kier alpha value is -2.27. The number of nitrogens with two attached hydrogens (primary N) is 1. The monoisotopic (exact) mass is 318 g/mol. The minimum atomic E-state index is -0.783. The summed E-state index contributed by atoms with van der Waals surface area (Å²) in [7, 11) is 0. The largest absolute Gasteiger partial charge is 0.349 e. The maximum absolute atomic E-state index is 13.8. The van der Waals surface area contributed by atoms with Crippen LogP contribution in [0.3, 0.4) is 0 Å². The van der Waals surface area contributed by atoms with E-state index in [4.69, 9.17) is 5.73 Å². The Morgan fingerprint density at radius 1 is 1.00 bits per heavy atom. The van der Waals surface area contributed by atoms with Gasteiger partial charge in [0.25, 0.3) is 0 Å². The number of rotatable bonds is 5. The highest BCUT2D eigenvalue weighted by Gasteiger charge is 2.25. The van der Waals surface area contributed by atoms with E-state index in [-0.39, 0.29) is 11.5 Å². The second kappa shape index (κ2) is 7.33. The van der Waals surface area contributed by atoms with Crippen LogP contribution in [0.4, 0.5) is 8.78 Å². The van der Waals surface area contributed by atoms with Crippen LogP contribution in [0.2, 0.25) is 0 Å². The zero-order valence-corrected chi connectivity index (χ0v) is 13.1. The Labute approximate surface area is 134 Å². The summed E-state index contributed by atoms with van der Waals surface area (Å²) < 4.78 is 27.5. The average molecular weight is 318 g/mol. The van der Waals surface area contributed by atoms with Crippen molar-refractivity contribution in [2.75, 3.05) is 0 Å². The van der Waals surface area contributed by atoms with Gasteiger partial charge in [-0.05, 0) is 24.6 Å². The lowest BCUT2D eigenvalue weighted by atomic mass is 9.94. The van der Waals surface area contributed by atoms with Gasteiger partial charge in [0.05, 0.1) is 12.0 Å². The summed E-state index contributed by atoms with van der Waals surface area (Å²) in [6, 6.07) is 11.6. The second-order valence-corrected chi connectivity index (χ2v) is 5.59. The fourth-order valence-electron chi connectivity index (χ4n) is 2.47. The molecule has 23 heavy (non-hydrogen) atoms. The number of hydrogen-bond acceptors (Lipinski definition) is 2. The van der Waals surface area contributed by atoms with Crippen LogP contribution < -0.4 is 11.1 Å². The first-order chi connectivity index (χ1) is 10.9. The SMILES string of the molecule is CC(NC(=O)C(C)C(N)c1ccccc1)c1c(F)cccc1F. The molecule has 3 unspecified atom stereocenters. The van der Waals surface area contributed by atoms with E-state index in [1.165, 1.54) is 18.2 Å². The summed E-state index contributed by atoms with van der Waals surface area (Å²) in [4.78, 5) is 12.3. The van der Waals surface area contributed by atoms with E-state index >= 15 is 0 Å². The molecule has 122 valence electrons. The molecular weight excluding hydrogens is 298 g/mol. The minimum absolute atomic E-state index is 0.152. The molecule has 0 radical (unpaired) electrons. The summed E-state index contributed by atoms with van der Waals surface area (Å²) in [5.74, 6) is -2.25. The van der Waals surface area contributed by atoms with Crippen LogP contribution >= 0.6 is 0 Å². The van der Waals surface area contributed by atoms with Gasteiger partial charge in [-0.2, -0.15) is 0 Å². The van der Waals surface area contributed by atoms with Crippen LogP contribution in [0.5, 0.6) is 0 Å². The molecule has 0 saturated heterocycles. The highest BCUT2D eigenvalue weighted by Crippen LogP contribution is 2.23. The van der Waals surface area contributed by atoms with E-state index in [0.717, 1.165) is 5.56 Å². The van der Waals surface area contributed by atoms with Crippen molar-refractivity contribution in [3.05, 3.63) is 71.3 Å². The van der Waals surface area contributed by atoms with Gasteiger partial charge in [-0.1, -0.05) is 43.3 Å². The smallest absolute Gasteiger partial charge is 0.225 e. The van der Waals surface area contributed by atoms with E-state index in [0.29, 0.717) is 0 Å². The standard InChI is InChI=1S/C18H20F2N2O/c1-11(17(21)13-7-4-3-5-8-13)18(23)22-12(2)16-14(19)9-6-10-15(16)20/h3-12,17H,21H2,1-2H3,(H,22,23). The Bertz CT molecular complexity index is 656. The number of nitrogens with one attached hydrogen (secondary N) is 1. The Kier molecular flexibility index (Phi) is 5.45. The van der Waals surface area contributed by atoms with Gasteiger partial charge < -0.3 is 11.1 Å². The highest BCUT2D eigenvalue weighted by atomic mass is 19.1. The fourth-order valence-corrected chi connectivity index (χ4v) is 2.47. The topological polar surface area (TPSA) is 55.1 Å². The molecule has 0 aliphatic carbocycles. The third kappa shape index (κ3) is 3.93. The van der Waals surface area contributed by atoms with E-state index in [1.54, 1.807) is 13.8 Å². The molecule has 0 aliphatic rings. The predicted octanol–water partition coefficient (Wildman–Crippen LogP) is 3.48. The van der Waals surface area contributed by atoms with Crippen molar-refractivity contribution >= 4 is 5.91 Å². The molecule has 0 fully saturated rings. The number of carbonyl (C=O) groups is 1. The number of halogens is 2. The van der Waals surface area contributed by atoms with Crippen molar-refractivity contribution in [3.63, 3.8) is 0 Å². The lowest BCUT2D eigenvalue weighted by Gasteiger charge is -2.23. The molecule has 3 N–H and O–H groups in total. The first-order valence-corrected chi connectivity index (χ1v) is 7.46. The van der Waals surface area contributed by atoms with Crippen LogP contribution in [0, 0.1) is 17.6 Å². The molecule has 3 atom stereocenters. The summed E-state index contributed by atoms with van der Waals surface area (Å²) in [5.41, 5.74) is 6.79. The lowest BCUT2D eigenvalue weighted by molar-refractivity contribution is -0.125. The first-order valence-electron chi connectivity index (χ1n) is 7.46. The van der Waals surface area contributed by atoms with Gasteiger partial charge in [-0.25, -0.2) is 8.78 Å². The molecule has 0 heterocycles. The normalized spacial score (nSPS) is 14.8. The Balaban J connectivity index is 2.09. The molecule has 3 nitrogen and oxygen atoms in total. The van der Waals surface area contributed by atoms with Gasteiger partial charge in [-0.3, -0.25) is 4.79 Å². The minimum Gasteiger partial charge on any atom is -0.349 e. The summed E-state index contributed by atoms with van der Waals surface area (Å²) in [5, 5.41) is 2.63. The van der Waals surface area contributed by atoms with Crippen molar-refractivity contribution in [1.29, 1.82) is 0 Å². The third-order valence-electron chi connectivity index (χ3n) is 3.93. The zero-order valence-electron chi connectivity index (χ0n) is 13.1. The van der Waals surface area contributed by atoms with Gasteiger partial charge in [0.1, 0.15) is 11.6 Å². The van der Waals surface area contributed by atoms with E-state index in [9.17, 15) is 13.6 Å². The van der Waals surface area contributed by atoms with Crippen molar-refractivity contribution < 1.29 is 13.6 Å². The molecule has 1 amide bonds. The third-order valence-corrected chi connectivity index (χ3v) is 3.93. The predicted molar refractivity (Wildman–Crippen MR) is 85.5 cm³/mol. The number of carbonyl (C=O) groups excluding carboxylic acids is 1. The summed E-state index contributed by atoms with van der Waals surface area (Å²) in [6.45, 7) is 3.23. The Morgan fingerprint density at radius 3 is 2.13 bits per heavy atom. The molecule has 0 aromatic heterocycles. The van der Waals surface area contributed by atoms with Gasteiger partial charge >= 0.3 is 0 Å². The molecule has 5 heteroatoms. The van der Waals surface area contributed by atoms with Gasteiger partial charge in [0.15, 0.2) is 0 Å². The van der Waals surface area contributed by atoms with Crippen molar-refractivity contribution in [2.45, 2.75) is 25.9 Å². The molecule has 0 bridgehead atoms. The van der Waals surface area contributed by atoms with Crippen LogP contribution in [0.1, 0.15) is 37.1 Å². The van der Waals surface area contributed by atoms with E-state index in [1.807, 2.05) is 30.3 Å². The molecule has 2 aromatic rings. The number of amides is 1. The van der Waals surface area contributed by atoms with Crippen LogP contribution in [-0.4, -0.2) is 5.91 Å². The quantitative estimate of drug-likeness (QED) is 0.887. The van der Waals surface area contributed by atoms with Gasteiger partial charge in [0, 0.05) is 11.6 Å². The van der Waals surface area contributed by atoms with Crippen molar-refractivity contribution in [3.8, 4) is 0 Å². The maximum Gasteiger partial charge on any atom is 0.225 e. The first kappa shape index (κ1) is 17.1. The van der Waals surface area contributed by atoms with Gasteiger partial charge in [0.2, 0.25) is 5.91 Å².